The Bertz CT molecular complexity index is 492. The number of hydrogen-bond donors (Lipinski definition) is 0. The van der Waals surface area contributed by atoms with Gasteiger partial charge in [-0.2, -0.15) is 5.26 Å². The average molecular weight is 231 g/mol. The highest BCUT2D eigenvalue weighted by Crippen LogP contribution is 2.07. The normalized spacial score (nSPS) is 16.0. The van der Waals surface area contributed by atoms with E-state index in [1.165, 1.54) is 12.8 Å². The molecule has 1 fully saturated rings. The zero-order valence-corrected chi connectivity index (χ0v) is 10.1. The van der Waals surface area contributed by atoms with Crippen LogP contribution in [0.3, 0.4) is 0 Å². The van der Waals surface area contributed by atoms with E-state index in [-0.39, 0.29) is 11.1 Å². The molecule has 0 aliphatic carbocycles. The lowest BCUT2D eigenvalue weighted by Crippen LogP contribution is -2.31. The van der Waals surface area contributed by atoms with E-state index < -0.39 is 0 Å². The highest BCUT2D eigenvalue weighted by Gasteiger charge is 2.12. The van der Waals surface area contributed by atoms with Gasteiger partial charge in [0.25, 0.3) is 5.56 Å². The summed E-state index contributed by atoms with van der Waals surface area (Å²) in [7, 11) is 0. The molecule has 0 saturated carbocycles. The number of nitriles is 1. The molecular formula is C13H17N3O. The molecule has 2 rings (SSSR count). The van der Waals surface area contributed by atoms with E-state index in [2.05, 4.69) is 4.90 Å². The summed E-state index contributed by atoms with van der Waals surface area (Å²) in [5.74, 6) is 0. The van der Waals surface area contributed by atoms with Crippen LogP contribution in [0.1, 0.15) is 24.1 Å². The van der Waals surface area contributed by atoms with Crippen molar-refractivity contribution in [3.8, 4) is 6.07 Å². The van der Waals surface area contributed by atoms with Gasteiger partial charge in [-0.15, -0.1) is 0 Å². The van der Waals surface area contributed by atoms with E-state index >= 15 is 0 Å². The first kappa shape index (κ1) is 11.9. The third-order valence-electron chi connectivity index (χ3n) is 3.35. The van der Waals surface area contributed by atoms with Crippen LogP contribution in [0.4, 0.5) is 0 Å². The third-order valence-corrected chi connectivity index (χ3v) is 3.35. The topological polar surface area (TPSA) is 49.0 Å². The Hall–Kier alpha value is -1.60. The second kappa shape index (κ2) is 5.15. The standard InChI is InChI=1S/C13H17N3O/c1-11-4-5-12(10-14)13(17)16(11)9-8-15-6-2-3-7-15/h4-5H,2-3,6-9H2,1H3. The zero-order chi connectivity index (χ0) is 12.3. The van der Waals surface area contributed by atoms with Crippen LogP contribution >= 0.6 is 0 Å². The van der Waals surface area contributed by atoms with Gasteiger partial charge in [0.05, 0.1) is 0 Å². The van der Waals surface area contributed by atoms with Crippen molar-refractivity contribution in [2.45, 2.75) is 26.3 Å². The molecule has 1 aliphatic heterocycles. The summed E-state index contributed by atoms with van der Waals surface area (Å²) in [5.41, 5.74) is 0.997. The van der Waals surface area contributed by atoms with Gasteiger partial charge in [0.2, 0.25) is 0 Å². The first-order valence-corrected chi connectivity index (χ1v) is 6.05. The van der Waals surface area contributed by atoms with E-state index in [1.807, 2.05) is 19.1 Å². The Morgan fingerprint density at radius 3 is 2.65 bits per heavy atom. The van der Waals surface area contributed by atoms with Crippen LogP contribution in [0, 0.1) is 18.3 Å². The summed E-state index contributed by atoms with van der Waals surface area (Å²) in [6.07, 6.45) is 2.51. The molecule has 1 saturated heterocycles. The van der Waals surface area contributed by atoms with Crippen LogP contribution in [-0.4, -0.2) is 29.1 Å². The summed E-state index contributed by atoms with van der Waals surface area (Å²) in [6, 6.07) is 5.38. The Morgan fingerprint density at radius 2 is 2.00 bits per heavy atom. The molecule has 0 N–H and O–H groups in total. The number of aryl methyl sites for hydroxylation is 1. The highest BCUT2D eigenvalue weighted by atomic mass is 16.1. The van der Waals surface area contributed by atoms with E-state index in [0.29, 0.717) is 6.54 Å². The summed E-state index contributed by atoms with van der Waals surface area (Å²) in [6.45, 7) is 5.75. The molecular weight excluding hydrogens is 214 g/mol. The first-order chi connectivity index (χ1) is 8.22. The molecule has 17 heavy (non-hydrogen) atoms. The SMILES string of the molecule is Cc1ccc(C#N)c(=O)n1CCN1CCCC1. The number of nitrogens with zero attached hydrogens (tertiary/aromatic N) is 3. The molecule has 0 radical (unpaired) electrons. The molecule has 1 aliphatic rings. The lowest BCUT2D eigenvalue weighted by Gasteiger charge is -2.16. The lowest BCUT2D eigenvalue weighted by molar-refractivity contribution is 0.319. The smallest absolute Gasteiger partial charge is 0.268 e. The second-order valence-corrected chi connectivity index (χ2v) is 4.51. The number of aromatic nitrogens is 1. The van der Waals surface area contributed by atoms with Crippen molar-refractivity contribution in [2.24, 2.45) is 0 Å². The molecule has 0 spiro atoms. The van der Waals surface area contributed by atoms with Gasteiger partial charge >= 0.3 is 0 Å². The molecule has 4 heteroatoms. The molecule has 1 aromatic rings. The van der Waals surface area contributed by atoms with Crippen LogP contribution < -0.4 is 5.56 Å². The van der Waals surface area contributed by atoms with E-state index in [4.69, 9.17) is 5.26 Å². The molecule has 0 bridgehead atoms. The number of rotatable bonds is 3. The minimum absolute atomic E-state index is 0.160. The van der Waals surface area contributed by atoms with Crippen LogP contribution in [0.15, 0.2) is 16.9 Å². The van der Waals surface area contributed by atoms with Crippen molar-refractivity contribution in [3.05, 3.63) is 33.7 Å². The fraction of sp³-hybridized carbons (Fsp3) is 0.538. The molecule has 90 valence electrons. The largest absolute Gasteiger partial charge is 0.311 e. The van der Waals surface area contributed by atoms with Crippen molar-refractivity contribution < 1.29 is 0 Å². The zero-order valence-electron chi connectivity index (χ0n) is 10.1. The quantitative estimate of drug-likeness (QED) is 0.783. The van der Waals surface area contributed by atoms with Crippen molar-refractivity contribution in [1.29, 1.82) is 5.26 Å². The van der Waals surface area contributed by atoms with Crippen LogP contribution in [0.2, 0.25) is 0 Å². The molecule has 0 unspecified atom stereocenters. The Morgan fingerprint density at radius 1 is 1.29 bits per heavy atom. The molecule has 0 amide bonds. The van der Waals surface area contributed by atoms with Crippen LogP contribution in [0.5, 0.6) is 0 Å². The Labute approximate surface area is 101 Å². The summed E-state index contributed by atoms with van der Waals surface area (Å²) in [4.78, 5) is 14.3. The second-order valence-electron chi connectivity index (χ2n) is 4.51. The molecule has 0 atom stereocenters. The van der Waals surface area contributed by atoms with E-state index in [9.17, 15) is 4.79 Å². The minimum atomic E-state index is -0.160. The Balaban J connectivity index is 2.14. The maximum Gasteiger partial charge on any atom is 0.268 e. The summed E-state index contributed by atoms with van der Waals surface area (Å²) >= 11 is 0. The molecule has 1 aromatic heterocycles. The monoisotopic (exact) mass is 231 g/mol. The van der Waals surface area contributed by atoms with Gasteiger partial charge in [0, 0.05) is 18.8 Å². The van der Waals surface area contributed by atoms with Gasteiger partial charge in [-0.3, -0.25) is 4.79 Å². The van der Waals surface area contributed by atoms with Crippen molar-refractivity contribution in [1.82, 2.24) is 9.47 Å². The fourth-order valence-corrected chi connectivity index (χ4v) is 2.28. The lowest BCUT2D eigenvalue weighted by atomic mass is 10.2. The number of likely N-dealkylation sites (tertiary alicyclic amines) is 1. The molecule has 4 nitrogen and oxygen atoms in total. The van der Waals surface area contributed by atoms with Crippen molar-refractivity contribution >= 4 is 0 Å². The maximum atomic E-state index is 11.9. The predicted molar refractivity (Wildman–Crippen MR) is 65.8 cm³/mol. The molecule has 2 heterocycles. The molecule has 0 aromatic carbocycles. The number of hydrogen-bond acceptors (Lipinski definition) is 3. The van der Waals surface area contributed by atoms with Gasteiger partial charge in [0.15, 0.2) is 0 Å². The maximum absolute atomic E-state index is 11.9. The minimum Gasteiger partial charge on any atom is -0.311 e. The van der Waals surface area contributed by atoms with E-state index in [1.54, 1.807) is 10.6 Å². The van der Waals surface area contributed by atoms with Gasteiger partial charge in [-0.25, -0.2) is 0 Å². The van der Waals surface area contributed by atoms with Gasteiger partial charge in [-0.1, -0.05) is 0 Å². The average Bonchev–Trinajstić information content (AvgIpc) is 2.82. The first-order valence-electron chi connectivity index (χ1n) is 6.05. The van der Waals surface area contributed by atoms with Crippen molar-refractivity contribution in [3.63, 3.8) is 0 Å². The van der Waals surface area contributed by atoms with Crippen molar-refractivity contribution in [2.75, 3.05) is 19.6 Å². The predicted octanol–water partition coefficient (Wildman–Crippen LogP) is 1.12. The summed E-state index contributed by atoms with van der Waals surface area (Å²) < 4.78 is 1.71. The van der Waals surface area contributed by atoms with Gasteiger partial charge in [0.1, 0.15) is 11.6 Å². The van der Waals surface area contributed by atoms with Crippen LogP contribution in [-0.2, 0) is 6.54 Å². The third kappa shape index (κ3) is 2.56. The van der Waals surface area contributed by atoms with Gasteiger partial charge in [-0.05, 0) is 45.0 Å². The summed E-state index contributed by atoms with van der Waals surface area (Å²) in [5, 5.41) is 8.84. The van der Waals surface area contributed by atoms with Crippen LogP contribution in [0.25, 0.3) is 0 Å². The Kier molecular flexibility index (Phi) is 3.60. The number of pyridine rings is 1. The highest BCUT2D eigenvalue weighted by molar-refractivity contribution is 5.27. The van der Waals surface area contributed by atoms with E-state index in [0.717, 1.165) is 25.3 Å². The fourth-order valence-electron chi connectivity index (χ4n) is 2.28. The van der Waals surface area contributed by atoms with Gasteiger partial charge < -0.3 is 9.47 Å².